The van der Waals surface area contributed by atoms with Crippen molar-refractivity contribution in [1.29, 1.82) is 0 Å². The van der Waals surface area contributed by atoms with E-state index in [1.807, 2.05) is 0 Å². The van der Waals surface area contributed by atoms with E-state index in [-0.39, 0.29) is 11.2 Å². The first-order valence-electron chi connectivity index (χ1n) is 8.83. The van der Waals surface area contributed by atoms with E-state index in [9.17, 15) is 9.18 Å². The molecule has 116 valence electrons. The maximum absolute atomic E-state index is 14.1. The van der Waals surface area contributed by atoms with Gasteiger partial charge >= 0.3 is 0 Å². The van der Waals surface area contributed by atoms with Crippen molar-refractivity contribution in [1.82, 2.24) is 0 Å². The van der Waals surface area contributed by atoms with Crippen LogP contribution in [0, 0.1) is 34.5 Å². The summed E-state index contributed by atoms with van der Waals surface area (Å²) in [7, 11) is 0. The lowest BCUT2D eigenvalue weighted by Gasteiger charge is -2.57. The second kappa shape index (κ2) is 4.43. The van der Waals surface area contributed by atoms with Crippen LogP contribution in [-0.4, -0.2) is 12.0 Å². The first-order valence-corrected chi connectivity index (χ1v) is 8.83. The Hall–Kier alpha value is -0.660. The minimum atomic E-state index is -1.19. The van der Waals surface area contributed by atoms with Crippen molar-refractivity contribution in [3.8, 4) is 0 Å². The van der Waals surface area contributed by atoms with E-state index >= 15 is 0 Å². The summed E-state index contributed by atoms with van der Waals surface area (Å²) in [6, 6.07) is 0. The highest BCUT2D eigenvalue weighted by Crippen LogP contribution is 2.64. The van der Waals surface area contributed by atoms with Gasteiger partial charge in [0.1, 0.15) is 0 Å². The lowest BCUT2D eigenvalue weighted by atomic mass is 9.46. The summed E-state index contributed by atoms with van der Waals surface area (Å²) in [6.07, 6.45) is 11.2. The molecule has 0 saturated heterocycles. The average Bonchev–Trinajstić information content (AvgIpc) is 2.70. The SMILES string of the molecule is C[C@]12C=CCCC1CC[C@@H]1[C@H]2CC[C@]2(C)C(=O)C(F)C[C@@H]12. The van der Waals surface area contributed by atoms with Gasteiger partial charge in [0.25, 0.3) is 0 Å². The molecule has 0 bridgehead atoms. The zero-order valence-corrected chi connectivity index (χ0v) is 13.3. The Morgan fingerprint density at radius 1 is 1.14 bits per heavy atom. The van der Waals surface area contributed by atoms with E-state index in [0.717, 1.165) is 18.8 Å². The van der Waals surface area contributed by atoms with Gasteiger partial charge in [-0.05, 0) is 74.0 Å². The number of allylic oxidation sites excluding steroid dienone is 2. The predicted molar refractivity (Wildman–Crippen MR) is 81.5 cm³/mol. The van der Waals surface area contributed by atoms with Gasteiger partial charge in [0, 0.05) is 5.41 Å². The number of carbonyl (C=O) groups is 1. The van der Waals surface area contributed by atoms with Gasteiger partial charge in [0.15, 0.2) is 12.0 Å². The maximum atomic E-state index is 14.1. The third-order valence-corrected chi connectivity index (χ3v) is 7.82. The first-order chi connectivity index (χ1) is 9.97. The van der Waals surface area contributed by atoms with Crippen LogP contribution in [0.3, 0.4) is 0 Å². The maximum Gasteiger partial charge on any atom is 0.173 e. The van der Waals surface area contributed by atoms with E-state index in [1.54, 1.807) is 0 Å². The minimum absolute atomic E-state index is 0.0857. The molecule has 4 aliphatic carbocycles. The summed E-state index contributed by atoms with van der Waals surface area (Å²) >= 11 is 0. The number of ketones is 1. The number of Topliss-reactive ketones (excluding diaryl/α,β-unsaturated/α-hetero) is 1. The summed E-state index contributed by atoms with van der Waals surface area (Å²) in [6.45, 7) is 4.50. The molecule has 0 radical (unpaired) electrons. The monoisotopic (exact) mass is 290 g/mol. The molecular formula is C19H27FO. The Labute approximate surface area is 127 Å². The quantitative estimate of drug-likeness (QED) is 0.590. The topological polar surface area (TPSA) is 17.1 Å². The van der Waals surface area contributed by atoms with E-state index in [4.69, 9.17) is 0 Å². The molecular weight excluding hydrogens is 263 g/mol. The molecule has 7 atom stereocenters. The van der Waals surface area contributed by atoms with Crippen LogP contribution in [0.1, 0.15) is 58.8 Å². The number of fused-ring (bicyclic) bond motifs is 5. The number of hydrogen-bond donors (Lipinski definition) is 0. The Kier molecular flexibility index (Phi) is 2.94. The Morgan fingerprint density at radius 3 is 2.76 bits per heavy atom. The largest absolute Gasteiger partial charge is 0.296 e. The standard InChI is InChI=1S/C19H27FO/c1-18-9-4-3-5-12(18)6-7-13-14(18)8-10-19(2)15(13)11-16(20)17(19)21/h4,9,12-16H,3,5-8,10-11H2,1-2H3/t12?,13-,14-,15+,16?,18+,19+/m1/s1. The van der Waals surface area contributed by atoms with Crippen molar-refractivity contribution in [2.75, 3.05) is 0 Å². The van der Waals surface area contributed by atoms with Crippen molar-refractivity contribution in [2.24, 2.45) is 34.5 Å². The Morgan fingerprint density at radius 2 is 1.95 bits per heavy atom. The number of rotatable bonds is 0. The van der Waals surface area contributed by atoms with E-state index in [1.165, 1.54) is 25.7 Å². The molecule has 0 aromatic carbocycles. The van der Waals surface area contributed by atoms with Gasteiger partial charge in [-0.15, -0.1) is 0 Å². The van der Waals surface area contributed by atoms with Crippen LogP contribution >= 0.6 is 0 Å². The Balaban J connectivity index is 1.70. The summed E-state index contributed by atoms with van der Waals surface area (Å²) in [5.74, 6) is 2.26. The van der Waals surface area contributed by atoms with Crippen LogP contribution in [0.15, 0.2) is 12.2 Å². The molecule has 0 heterocycles. The van der Waals surface area contributed by atoms with E-state index < -0.39 is 6.17 Å². The van der Waals surface area contributed by atoms with Crippen LogP contribution in [0.5, 0.6) is 0 Å². The normalized spacial score (nSPS) is 55.8. The van der Waals surface area contributed by atoms with Gasteiger partial charge in [-0.2, -0.15) is 0 Å². The number of hydrogen-bond acceptors (Lipinski definition) is 1. The highest BCUT2D eigenvalue weighted by Gasteiger charge is 2.61. The van der Waals surface area contributed by atoms with Crippen molar-refractivity contribution in [2.45, 2.75) is 65.0 Å². The van der Waals surface area contributed by atoms with E-state index in [0.29, 0.717) is 29.6 Å². The summed E-state index contributed by atoms with van der Waals surface area (Å²) < 4.78 is 14.1. The van der Waals surface area contributed by atoms with Crippen molar-refractivity contribution in [3.63, 3.8) is 0 Å². The minimum Gasteiger partial charge on any atom is -0.296 e. The zero-order valence-electron chi connectivity index (χ0n) is 13.3. The predicted octanol–water partition coefficient (Wildman–Crippen LogP) is 4.71. The summed E-state index contributed by atoms with van der Waals surface area (Å²) in [4.78, 5) is 12.3. The zero-order chi connectivity index (χ0) is 14.8. The molecule has 4 rings (SSSR count). The number of halogens is 1. The Bertz CT molecular complexity index is 498. The fraction of sp³-hybridized carbons (Fsp3) is 0.842. The number of alkyl halides is 1. The molecule has 0 aromatic heterocycles. The summed E-state index contributed by atoms with van der Waals surface area (Å²) in [5.41, 5.74) is -0.0535. The average molecular weight is 290 g/mol. The number of carbonyl (C=O) groups excluding carboxylic acids is 1. The van der Waals surface area contributed by atoms with Gasteiger partial charge in [0.05, 0.1) is 0 Å². The summed E-state index contributed by atoms with van der Waals surface area (Å²) in [5, 5.41) is 0. The highest BCUT2D eigenvalue weighted by atomic mass is 19.1. The van der Waals surface area contributed by atoms with Crippen LogP contribution in [0.2, 0.25) is 0 Å². The fourth-order valence-corrected chi connectivity index (χ4v) is 6.57. The molecule has 3 saturated carbocycles. The van der Waals surface area contributed by atoms with Gasteiger partial charge in [-0.1, -0.05) is 26.0 Å². The van der Waals surface area contributed by atoms with Crippen molar-refractivity contribution in [3.05, 3.63) is 12.2 Å². The molecule has 4 aliphatic rings. The second-order valence-electron chi connectivity index (χ2n) is 8.52. The molecule has 21 heavy (non-hydrogen) atoms. The van der Waals surface area contributed by atoms with Gasteiger partial charge in [-0.25, -0.2) is 4.39 Å². The second-order valence-corrected chi connectivity index (χ2v) is 8.52. The molecule has 3 fully saturated rings. The molecule has 0 N–H and O–H groups in total. The van der Waals surface area contributed by atoms with Gasteiger partial charge in [0.2, 0.25) is 0 Å². The first kappa shape index (κ1) is 14.0. The molecule has 0 aromatic rings. The molecule has 2 unspecified atom stereocenters. The molecule has 2 heteroatoms. The van der Waals surface area contributed by atoms with E-state index in [2.05, 4.69) is 26.0 Å². The van der Waals surface area contributed by atoms with Crippen LogP contribution < -0.4 is 0 Å². The van der Waals surface area contributed by atoms with Crippen LogP contribution in [0.4, 0.5) is 4.39 Å². The fourth-order valence-electron chi connectivity index (χ4n) is 6.57. The highest BCUT2D eigenvalue weighted by molar-refractivity contribution is 5.91. The van der Waals surface area contributed by atoms with Crippen LogP contribution in [0.25, 0.3) is 0 Å². The lowest BCUT2D eigenvalue weighted by Crippen LogP contribution is -2.51. The lowest BCUT2D eigenvalue weighted by molar-refractivity contribution is -0.136. The molecule has 0 spiro atoms. The van der Waals surface area contributed by atoms with Gasteiger partial charge < -0.3 is 0 Å². The molecule has 0 amide bonds. The van der Waals surface area contributed by atoms with Crippen LogP contribution in [-0.2, 0) is 4.79 Å². The smallest absolute Gasteiger partial charge is 0.173 e. The van der Waals surface area contributed by atoms with Crippen molar-refractivity contribution < 1.29 is 9.18 Å². The van der Waals surface area contributed by atoms with Crippen molar-refractivity contribution >= 4 is 5.78 Å². The third kappa shape index (κ3) is 1.71. The molecule has 0 aliphatic heterocycles. The third-order valence-electron chi connectivity index (χ3n) is 7.82. The molecule has 1 nitrogen and oxygen atoms in total. The van der Waals surface area contributed by atoms with Gasteiger partial charge in [-0.3, -0.25) is 4.79 Å².